The van der Waals surface area contributed by atoms with Crippen molar-refractivity contribution in [1.82, 2.24) is 15.1 Å². The lowest BCUT2D eigenvalue weighted by Crippen LogP contribution is -2.43. The van der Waals surface area contributed by atoms with E-state index < -0.39 is 47.4 Å². The summed E-state index contributed by atoms with van der Waals surface area (Å²) in [6.07, 6.45) is -9.36. The molecule has 1 fully saturated rings. The predicted octanol–water partition coefficient (Wildman–Crippen LogP) is 7.35. The molecule has 2 aromatic rings. The number of benzene rings is 2. The number of hydrogen-bond donors (Lipinski definition) is 1. The van der Waals surface area contributed by atoms with E-state index in [4.69, 9.17) is 0 Å². The highest BCUT2D eigenvalue weighted by Crippen LogP contribution is 2.41. The van der Waals surface area contributed by atoms with Crippen LogP contribution in [0.2, 0.25) is 0 Å². The summed E-state index contributed by atoms with van der Waals surface area (Å²) in [5.74, 6) is -0.450. The number of halogens is 7. The Kier molecular flexibility index (Phi) is 8.70. The summed E-state index contributed by atoms with van der Waals surface area (Å²) < 4.78 is 94.2. The van der Waals surface area contributed by atoms with Gasteiger partial charge in [-0.1, -0.05) is 19.9 Å². The van der Waals surface area contributed by atoms with Crippen molar-refractivity contribution in [2.45, 2.75) is 64.6 Å². The third kappa shape index (κ3) is 6.59. The number of carbonyl (C=O) groups is 1. The number of carbonyl (C=O) groups excluding carboxylic acids is 1. The van der Waals surface area contributed by atoms with Gasteiger partial charge in [0, 0.05) is 26.2 Å². The van der Waals surface area contributed by atoms with Crippen LogP contribution in [0.5, 0.6) is 0 Å². The Labute approximate surface area is 217 Å². The van der Waals surface area contributed by atoms with Crippen molar-refractivity contribution in [1.29, 1.82) is 0 Å². The fraction of sp³-hybridized carbons (Fsp3) is 0.519. The molecule has 2 amide bonds. The highest BCUT2D eigenvalue weighted by Gasteiger charge is 2.41. The molecule has 0 spiro atoms. The quantitative estimate of drug-likeness (QED) is 0.384. The van der Waals surface area contributed by atoms with E-state index in [0.717, 1.165) is 10.5 Å². The van der Waals surface area contributed by atoms with Crippen LogP contribution in [0.1, 0.15) is 67.1 Å². The standard InChI is InChI=1S/C27H32F7N3O/c1-15(2)35-14-18-8-9-37(24(18)23-7-6-22(28)10-16(23)3)25(38)36(5)17(4)19-11-20(26(29,30)31)13-21(12-19)27(32,33)34/h6-7,10-13,15,17-18,24,35H,8-9,14H2,1-5H3/t17-,18+,24-/m1/s1. The maximum absolute atomic E-state index is 13.8. The topological polar surface area (TPSA) is 35.6 Å². The molecule has 0 aromatic heterocycles. The highest BCUT2D eigenvalue weighted by molar-refractivity contribution is 5.76. The van der Waals surface area contributed by atoms with E-state index in [9.17, 15) is 35.5 Å². The summed E-state index contributed by atoms with van der Waals surface area (Å²) in [5, 5.41) is 3.36. The molecular weight excluding hydrogens is 515 g/mol. The number of amides is 2. The van der Waals surface area contributed by atoms with Gasteiger partial charge in [-0.05, 0) is 73.2 Å². The molecule has 0 bridgehead atoms. The van der Waals surface area contributed by atoms with E-state index in [0.29, 0.717) is 37.2 Å². The molecule has 1 aliphatic rings. The minimum Gasteiger partial charge on any atom is -0.321 e. The molecule has 0 aliphatic carbocycles. The largest absolute Gasteiger partial charge is 0.416 e. The van der Waals surface area contributed by atoms with Gasteiger partial charge in [0.25, 0.3) is 0 Å². The number of hydrogen-bond acceptors (Lipinski definition) is 2. The Morgan fingerprint density at radius 3 is 2.11 bits per heavy atom. The summed E-state index contributed by atoms with van der Waals surface area (Å²) in [6.45, 7) is 7.99. The van der Waals surface area contributed by atoms with Gasteiger partial charge in [0.15, 0.2) is 0 Å². The molecule has 210 valence electrons. The zero-order chi connectivity index (χ0) is 28.6. The molecule has 0 unspecified atom stereocenters. The summed E-state index contributed by atoms with van der Waals surface area (Å²) in [7, 11) is 1.36. The zero-order valence-electron chi connectivity index (χ0n) is 21.8. The van der Waals surface area contributed by atoms with E-state index in [2.05, 4.69) is 5.32 Å². The van der Waals surface area contributed by atoms with Crippen molar-refractivity contribution in [2.24, 2.45) is 5.92 Å². The monoisotopic (exact) mass is 547 g/mol. The molecule has 3 rings (SSSR count). The van der Waals surface area contributed by atoms with Gasteiger partial charge >= 0.3 is 18.4 Å². The third-order valence-electron chi connectivity index (χ3n) is 7.08. The molecule has 11 heteroatoms. The molecule has 2 aromatic carbocycles. The second kappa shape index (κ2) is 11.1. The van der Waals surface area contributed by atoms with Crippen LogP contribution in [-0.4, -0.2) is 42.0 Å². The van der Waals surface area contributed by atoms with Crippen molar-refractivity contribution >= 4 is 6.03 Å². The average Bonchev–Trinajstić information content (AvgIpc) is 3.23. The number of rotatable bonds is 6. The SMILES string of the molecule is Cc1cc(F)ccc1[C@H]1[C@H](CNC(C)C)CCN1C(=O)N(C)[C@H](C)c1cc(C(F)(F)F)cc(C(F)(F)F)c1. The Morgan fingerprint density at radius 2 is 1.61 bits per heavy atom. The highest BCUT2D eigenvalue weighted by atomic mass is 19.4. The van der Waals surface area contributed by atoms with Gasteiger partial charge in [0.2, 0.25) is 0 Å². The Bertz CT molecular complexity index is 1110. The first kappa shape index (κ1) is 29.7. The number of likely N-dealkylation sites (tertiary alicyclic amines) is 1. The van der Waals surface area contributed by atoms with Gasteiger partial charge in [0.1, 0.15) is 5.82 Å². The van der Waals surface area contributed by atoms with Gasteiger partial charge in [0.05, 0.1) is 23.2 Å². The number of nitrogens with zero attached hydrogens (tertiary/aromatic N) is 2. The molecular formula is C27H32F7N3O. The van der Waals surface area contributed by atoms with Crippen LogP contribution < -0.4 is 5.32 Å². The summed E-state index contributed by atoms with van der Waals surface area (Å²) >= 11 is 0. The lowest BCUT2D eigenvalue weighted by Gasteiger charge is -2.36. The molecule has 1 aliphatic heterocycles. The van der Waals surface area contributed by atoms with Gasteiger partial charge in [-0.25, -0.2) is 9.18 Å². The van der Waals surface area contributed by atoms with Crippen molar-refractivity contribution in [3.8, 4) is 0 Å². The van der Waals surface area contributed by atoms with Crippen molar-refractivity contribution in [3.05, 3.63) is 70.0 Å². The summed E-state index contributed by atoms with van der Waals surface area (Å²) in [4.78, 5) is 16.4. The van der Waals surface area contributed by atoms with Crippen molar-refractivity contribution in [3.63, 3.8) is 0 Å². The van der Waals surface area contributed by atoms with E-state index >= 15 is 0 Å². The zero-order valence-corrected chi connectivity index (χ0v) is 21.8. The number of nitrogens with one attached hydrogen (secondary N) is 1. The first-order chi connectivity index (χ1) is 17.5. The third-order valence-corrected chi connectivity index (χ3v) is 7.08. The van der Waals surface area contributed by atoms with E-state index in [1.54, 1.807) is 17.9 Å². The predicted molar refractivity (Wildman–Crippen MR) is 130 cm³/mol. The van der Waals surface area contributed by atoms with E-state index in [-0.39, 0.29) is 23.6 Å². The van der Waals surface area contributed by atoms with Crippen LogP contribution in [0.4, 0.5) is 35.5 Å². The summed E-state index contributed by atoms with van der Waals surface area (Å²) in [6, 6.07) is 3.76. The first-order valence-corrected chi connectivity index (χ1v) is 12.3. The smallest absolute Gasteiger partial charge is 0.321 e. The number of alkyl halides is 6. The Hall–Kier alpha value is -2.82. The normalized spacial score (nSPS) is 19.2. The van der Waals surface area contributed by atoms with Gasteiger partial charge in [-0.3, -0.25) is 0 Å². The molecule has 1 N–H and O–H groups in total. The molecule has 3 atom stereocenters. The second-order valence-electron chi connectivity index (χ2n) is 10.2. The lowest BCUT2D eigenvalue weighted by atomic mass is 9.90. The molecule has 0 radical (unpaired) electrons. The Balaban J connectivity index is 1.96. The second-order valence-corrected chi connectivity index (χ2v) is 10.2. The Morgan fingerprint density at radius 1 is 1.03 bits per heavy atom. The summed E-state index contributed by atoms with van der Waals surface area (Å²) in [5.41, 5.74) is -1.76. The number of urea groups is 1. The van der Waals surface area contributed by atoms with Crippen LogP contribution in [-0.2, 0) is 12.4 Å². The maximum Gasteiger partial charge on any atom is 0.416 e. The molecule has 1 saturated heterocycles. The average molecular weight is 548 g/mol. The van der Waals surface area contributed by atoms with E-state index in [1.165, 1.54) is 26.1 Å². The minimum absolute atomic E-state index is 0.0281. The van der Waals surface area contributed by atoms with Crippen LogP contribution >= 0.6 is 0 Å². The van der Waals surface area contributed by atoms with Crippen LogP contribution in [0, 0.1) is 18.7 Å². The maximum atomic E-state index is 13.8. The van der Waals surface area contributed by atoms with Crippen LogP contribution in [0.3, 0.4) is 0 Å². The van der Waals surface area contributed by atoms with Crippen LogP contribution in [0.15, 0.2) is 36.4 Å². The molecule has 4 nitrogen and oxygen atoms in total. The number of aryl methyl sites for hydroxylation is 1. The molecule has 1 heterocycles. The minimum atomic E-state index is -4.99. The first-order valence-electron chi connectivity index (χ1n) is 12.3. The van der Waals surface area contributed by atoms with Gasteiger partial charge in [-0.15, -0.1) is 0 Å². The van der Waals surface area contributed by atoms with Gasteiger partial charge < -0.3 is 15.1 Å². The fourth-order valence-electron chi connectivity index (χ4n) is 4.88. The van der Waals surface area contributed by atoms with Crippen molar-refractivity contribution in [2.75, 3.05) is 20.1 Å². The van der Waals surface area contributed by atoms with Crippen molar-refractivity contribution < 1.29 is 35.5 Å². The van der Waals surface area contributed by atoms with E-state index in [1.807, 2.05) is 13.8 Å². The lowest BCUT2D eigenvalue weighted by molar-refractivity contribution is -0.143. The van der Waals surface area contributed by atoms with Gasteiger partial charge in [-0.2, -0.15) is 26.3 Å². The fourth-order valence-corrected chi connectivity index (χ4v) is 4.88. The molecule has 0 saturated carbocycles. The van der Waals surface area contributed by atoms with Crippen LogP contribution in [0.25, 0.3) is 0 Å². The molecule has 38 heavy (non-hydrogen) atoms.